The van der Waals surface area contributed by atoms with Crippen LogP contribution in [0.1, 0.15) is 43.0 Å². The zero-order valence-electron chi connectivity index (χ0n) is 20.0. The lowest BCUT2D eigenvalue weighted by Crippen LogP contribution is -2.54. The van der Waals surface area contributed by atoms with Crippen LogP contribution in [0.15, 0.2) is 84.9 Å². The van der Waals surface area contributed by atoms with Crippen molar-refractivity contribution in [2.24, 2.45) is 0 Å². The predicted octanol–water partition coefficient (Wildman–Crippen LogP) is 5.09. The van der Waals surface area contributed by atoms with Crippen molar-refractivity contribution in [1.29, 1.82) is 0 Å². The molecule has 1 N–H and O–H groups in total. The molecule has 0 saturated carbocycles. The van der Waals surface area contributed by atoms with Crippen LogP contribution in [0.25, 0.3) is 0 Å². The minimum atomic E-state index is -0.621. The quantitative estimate of drug-likeness (QED) is 0.528. The first-order valence-corrected chi connectivity index (χ1v) is 11.5. The van der Waals surface area contributed by atoms with Crippen molar-refractivity contribution in [2.75, 3.05) is 0 Å². The van der Waals surface area contributed by atoms with E-state index in [1.807, 2.05) is 113 Å². The molecule has 4 nitrogen and oxygen atoms in total. The smallest absolute Gasteiger partial charge is 0.243 e. The van der Waals surface area contributed by atoms with Gasteiger partial charge in [-0.1, -0.05) is 90.5 Å². The number of carbonyl (C=O) groups is 2. The molecule has 172 valence electrons. The maximum Gasteiger partial charge on any atom is 0.243 e. The molecule has 0 aliphatic carbocycles. The Hall–Kier alpha value is -3.40. The molecule has 2 amide bonds. The van der Waals surface area contributed by atoms with Gasteiger partial charge in [0.05, 0.1) is 6.42 Å². The van der Waals surface area contributed by atoms with Crippen molar-refractivity contribution in [3.63, 3.8) is 0 Å². The number of rotatable bonds is 8. The fourth-order valence-corrected chi connectivity index (χ4v) is 3.77. The van der Waals surface area contributed by atoms with Gasteiger partial charge in [0.2, 0.25) is 11.8 Å². The molecule has 0 aromatic heterocycles. The van der Waals surface area contributed by atoms with E-state index >= 15 is 0 Å². The summed E-state index contributed by atoms with van der Waals surface area (Å²) < 4.78 is 0. The molecule has 0 fully saturated rings. The van der Waals surface area contributed by atoms with Gasteiger partial charge >= 0.3 is 0 Å². The summed E-state index contributed by atoms with van der Waals surface area (Å²) in [5, 5.41) is 3.10. The third-order valence-electron chi connectivity index (χ3n) is 5.44. The Morgan fingerprint density at radius 2 is 1.33 bits per heavy atom. The van der Waals surface area contributed by atoms with Crippen molar-refractivity contribution in [2.45, 2.75) is 58.7 Å². The van der Waals surface area contributed by atoms with Gasteiger partial charge in [-0.05, 0) is 44.4 Å². The summed E-state index contributed by atoms with van der Waals surface area (Å²) in [4.78, 5) is 28.9. The Morgan fingerprint density at radius 3 is 1.88 bits per heavy atom. The lowest BCUT2D eigenvalue weighted by Gasteiger charge is -2.34. The lowest BCUT2D eigenvalue weighted by atomic mass is 9.99. The van der Waals surface area contributed by atoms with E-state index in [0.717, 1.165) is 22.3 Å². The first-order chi connectivity index (χ1) is 15.7. The maximum absolute atomic E-state index is 13.6. The average Bonchev–Trinajstić information content (AvgIpc) is 2.78. The van der Waals surface area contributed by atoms with Gasteiger partial charge in [0, 0.05) is 18.5 Å². The summed E-state index contributed by atoms with van der Waals surface area (Å²) >= 11 is 0. The summed E-state index contributed by atoms with van der Waals surface area (Å²) in [5.74, 6) is -0.202. The lowest BCUT2D eigenvalue weighted by molar-refractivity contribution is -0.141. The minimum absolute atomic E-state index is 0.0623. The average molecular weight is 443 g/mol. The van der Waals surface area contributed by atoms with Crippen LogP contribution in [-0.2, 0) is 29.0 Å². The van der Waals surface area contributed by atoms with E-state index in [1.54, 1.807) is 4.90 Å². The van der Waals surface area contributed by atoms with Gasteiger partial charge in [-0.25, -0.2) is 0 Å². The Labute approximate surface area is 197 Å². The number of hydrogen-bond donors (Lipinski definition) is 1. The number of nitrogens with one attached hydrogen (secondary N) is 1. The van der Waals surface area contributed by atoms with E-state index in [4.69, 9.17) is 0 Å². The van der Waals surface area contributed by atoms with Crippen LogP contribution >= 0.6 is 0 Å². The number of hydrogen-bond acceptors (Lipinski definition) is 2. The summed E-state index contributed by atoms with van der Waals surface area (Å²) in [7, 11) is 0. The largest absolute Gasteiger partial charge is 0.350 e. The van der Waals surface area contributed by atoms with Crippen molar-refractivity contribution in [1.82, 2.24) is 10.2 Å². The molecular weight excluding hydrogens is 408 g/mol. The fourth-order valence-electron chi connectivity index (χ4n) is 3.77. The van der Waals surface area contributed by atoms with Crippen LogP contribution in [0.2, 0.25) is 0 Å². The van der Waals surface area contributed by atoms with Crippen molar-refractivity contribution >= 4 is 11.8 Å². The van der Waals surface area contributed by atoms with Crippen LogP contribution in [0.3, 0.4) is 0 Å². The van der Waals surface area contributed by atoms with Crippen LogP contribution < -0.4 is 5.32 Å². The second-order valence-corrected chi connectivity index (χ2v) is 9.61. The normalized spacial score (nSPS) is 12.1. The summed E-state index contributed by atoms with van der Waals surface area (Å²) in [5.41, 5.74) is 3.71. The molecule has 1 atom stereocenters. The number of benzene rings is 3. The topological polar surface area (TPSA) is 49.4 Å². The molecule has 0 spiro atoms. The van der Waals surface area contributed by atoms with Crippen LogP contribution in [0.4, 0.5) is 0 Å². The molecule has 33 heavy (non-hydrogen) atoms. The summed E-state index contributed by atoms with van der Waals surface area (Å²) in [6.45, 7) is 8.28. The molecule has 3 rings (SSSR count). The van der Waals surface area contributed by atoms with Gasteiger partial charge in [0.15, 0.2) is 0 Å². The van der Waals surface area contributed by atoms with Crippen LogP contribution in [0.5, 0.6) is 0 Å². The zero-order valence-corrected chi connectivity index (χ0v) is 20.0. The van der Waals surface area contributed by atoms with Crippen molar-refractivity contribution in [3.05, 3.63) is 107 Å². The van der Waals surface area contributed by atoms with Gasteiger partial charge in [0.25, 0.3) is 0 Å². The minimum Gasteiger partial charge on any atom is -0.350 e. The molecule has 0 aliphatic rings. The molecule has 0 bridgehead atoms. The molecule has 0 heterocycles. The molecule has 0 unspecified atom stereocenters. The van der Waals surface area contributed by atoms with Gasteiger partial charge in [0.1, 0.15) is 6.04 Å². The van der Waals surface area contributed by atoms with E-state index < -0.39 is 11.6 Å². The van der Waals surface area contributed by atoms with E-state index in [0.29, 0.717) is 13.0 Å². The molecule has 4 heteroatoms. The highest BCUT2D eigenvalue weighted by Gasteiger charge is 2.32. The van der Waals surface area contributed by atoms with Crippen molar-refractivity contribution < 1.29 is 9.59 Å². The third-order valence-corrected chi connectivity index (χ3v) is 5.44. The van der Waals surface area contributed by atoms with E-state index in [1.165, 1.54) is 0 Å². The van der Waals surface area contributed by atoms with Gasteiger partial charge in [-0.15, -0.1) is 0 Å². The Bertz CT molecular complexity index is 1040. The van der Waals surface area contributed by atoms with Crippen LogP contribution in [0, 0.1) is 6.92 Å². The van der Waals surface area contributed by atoms with Crippen molar-refractivity contribution in [3.8, 4) is 0 Å². The van der Waals surface area contributed by atoms with E-state index in [9.17, 15) is 9.59 Å². The van der Waals surface area contributed by atoms with E-state index in [2.05, 4.69) is 5.32 Å². The van der Waals surface area contributed by atoms with Gasteiger partial charge < -0.3 is 10.2 Å². The predicted molar refractivity (Wildman–Crippen MR) is 134 cm³/mol. The number of amides is 2. The Balaban J connectivity index is 1.96. The second-order valence-electron chi connectivity index (χ2n) is 9.61. The molecular formula is C29H34N2O2. The number of carbonyl (C=O) groups excluding carboxylic acids is 2. The van der Waals surface area contributed by atoms with E-state index in [-0.39, 0.29) is 18.2 Å². The second kappa shape index (κ2) is 11.0. The molecule has 0 aliphatic heterocycles. The van der Waals surface area contributed by atoms with Crippen LogP contribution in [-0.4, -0.2) is 28.3 Å². The van der Waals surface area contributed by atoms with Gasteiger partial charge in [-0.3, -0.25) is 9.59 Å². The molecule has 3 aromatic carbocycles. The maximum atomic E-state index is 13.6. The highest BCUT2D eigenvalue weighted by Crippen LogP contribution is 2.18. The first-order valence-electron chi connectivity index (χ1n) is 11.5. The summed E-state index contributed by atoms with van der Waals surface area (Å²) in [6, 6.07) is 27.1. The molecule has 0 radical (unpaired) electrons. The SMILES string of the molecule is Cc1ccc(CC(=O)N(Cc2ccccc2)[C@H](Cc2ccccc2)C(=O)NC(C)(C)C)cc1. The Morgan fingerprint density at radius 1 is 0.788 bits per heavy atom. The number of nitrogens with zero attached hydrogens (tertiary/aromatic N) is 1. The number of aryl methyl sites for hydroxylation is 1. The zero-order chi connectivity index (χ0) is 23.8. The third kappa shape index (κ3) is 7.60. The highest BCUT2D eigenvalue weighted by atomic mass is 16.2. The monoisotopic (exact) mass is 442 g/mol. The fraction of sp³-hybridized carbons (Fsp3) is 0.310. The standard InChI is InChI=1S/C29H34N2O2/c1-22-15-17-24(18-16-22)20-27(32)31(21-25-13-9-6-10-14-25)26(28(33)30-29(2,3)4)19-23-11-7-5-8-12-23/h5-18,26H,19-21H2,1-4H3,(H,30,33)/t26-/m1/s1. The molecule has 0 saturated heterocycles. The summed E-state index contributed by atoms with van der Waals surface area (Å²) in [6.07, 6.45) is 0.705. The Kier molecular flexibility index (Phi) is 8.05. The highest BCUT2D eigenvalue weighted by molar-refractivity contribution is 5.89. The molecule has 3 aromatic rings. The first kappa shape index (κ1) is 24.2. The van der Waals surface area contributed by atoms with Gasteiger partial charge in [-0.2, -0.15) is 0 Å².